The van der Waals surface area contributed by atoms with Gasteiger partial charge >= 0.3 is 5.97 Å². The lowest BCUT2D eigenvalue weighted by atomic mass is 10.0. The second-order valence-corrected chi connectivity index (χ2v) is 10.3. The van der Waals surface area contributed by atoms with Gasteiger partial charge in [0.2, 0.25) is 5.91 Å². The summed E-state index contributed by atoms with van der Waals surface area (Å²) in [6.07, 6.45) is 0. The van der Waals surface area contributed by atoms with Gasteiger partial charge in [-0.25, -0.2) is 9.18 Å². The summed E-state index contributed by atoms with van der Waals surface area (Å²) in [5.41, 5.74) is 3.67. The van der Waals surface area contributed by atoms with Gasteiger partial charge in [-0.3, -0.25) is 4.79 Å². The molecule has 4 aromatic rings. The quantitative estimate of drug-likeness (QED) is 0.194. The molecule has 0 spiro atoms. The van der Waals surface area contributed by atoms with E-state index in [9.17, 15) is 14.0 Å². The van der Waals surface area contributed by atoms with Crippen molar-refractivity contribution in [3.05, 3.63) is 70.9 Å². The van der Waals surface area contributed by atoms with Crippen molar-refractivity contribution in [3.8, 4) is 22.5 Å². The molecule has 0 saturated carbocycles. The third-order valence-corrected chi connectivity index (χ3v) is 7.65. The number of rotatable bonds is 9. The highest BCUT2D eigenvalue weighted by Crippen LogP contribution is 2.36. The van der Waals surface area contributed by atoms with E-state index in [0.29, 0.717) is 33.7 Å². The van der Waals surface area contributed by atoms with Crippen LogP contribution in [0.5, 0.6) is 0 Å². The van der Waals surface area contributed by atoms with Gasteiger partial charge in [0.25, 0.3) is 0 Å². The Hall–Kier alpha value is -3.50. The molecular formula is C27H27FN4O3S2. The standard InChI is InChI=1S/C27H27FN4O3S2/c1-5-32-24(19-8-6-17(7-9-19)16(2)3)30-31-27(32)37-15-22(33)29-25-23(26(34)35-4)21(14-36-25)18-10-12-20(28)13-11-18/h6-14,16H,5,15H2,1-4H3,(H,29,33). The SMILES string of the molecule is CCn1c(SCC(=O)Nc2scc(-c3ccc(F)cc3)c2C(=O)OC)nnc1-c1ccc(C(C)C)cc1. The molecule has 7 nitrogen and oxygen atoms in total. The Morgan fingerprint density at radius 1 is 1.08 bits per heavy atom. The number of hydrogen-bond donors (Lipinski definition) is 1. The molecular weight excluding hydrogens is 511 g/mol. The van der Waals surface area contributed by atoms with Gasteiger partial charge < -0.3 is 14.6 Å². The van der Waals surface area contributed by atoms with Crippen LogP contribution in [0.15, 0.2) is 59.1 Å². The maximum absolute atomic E-state index is 13.4. The molecule has 192 valence electrons. The van der Waals surface area contributed by atoms with Gasteiger partial charge in [0.05, 0.1) is 12.9 Å². The molecule has 2 aromatic heterocycles. The lowest BCUT2D eigenvalue weighted by Gasteiger charge is -2.10. The van der Waals surface area contributed by atoms with Crippen molar-refractivity contribution in [1.29, 1.82) is 0 Å². The van der Waals surface area contributed by atoms with Crippen molar-refractivity contribution < 1.29 is 18.7 Å². The Bertz CT molecular complexity index is 1400. The van der Waals surface area contributed by atoms with Crippen molar-refractivity contribution in [3.63, 3.8) is 0 Å². The highest BCUT2D eigenvalue weighted by atomic mass is 32.2. The van der Waals surface area contributed by atoms with Crippen LogP contribution in [0.1, 0.15) is 42.6 Å². The molecule has 0 saturated heterocycles. The maximum Gasteiger partial charge on any atom is 0.341 e. The first-order valence-electron chi connectivity index (χ1n) is 11.7. The largest absolute Gasteiger partial charge is 0.465 e. The fourth-order valence-corrected chi connectivity index (χ4v) is 5.58. The molecule has 0 bridgehead atoms. The zero-order valence-corrected chi connectivity index (χ0v) is 22.6. The topological polar surface area (TPSA) is 86.1 Å². The van der Waals surface area contributed by atoms with Gasteiger partial charge in [0.15, 0.2) is 11.0 Å². The number of aromatic nitrogens is 3. The predicted octanol–water partition coefficient (Wildman–Crippen LogP) is 6.47. The number of halogens is 1. The summed E-state index contributed by atoms with van der Waals surface area (Å²) in [5.74, 6) is 0.0150. The minimum Gasteiger partial charge on any atom is -0.465 e. The highest BCUT2D eigenvalue weighted by molar-refractivity contribution is 7.99. The average Bonchev–Trinajstić information content (AvgIpc) is 3.51. The fourth-order valence-electron chi connectivity index (χ4n) is 3.80. The van der Waals surface area contributed by atoms with Crippen LogP contribution in [0, 0.1) is 5.82 Å². The van der Waals surface area contributed by atoms with E-state index in [4.69, 9.17) is 4.74 Å². The van der Waals surface area contributed by atoms with Crippen molar-refractivity contribution in [2.75, 3.05) is 18.2 Å². The monoisotopic (exact) mass is 538 g/mol. The molecule has 0 atom stereocenters. The number of esters is 1. The Morgan fingerprint density at radius 3 is 2.38 bits per heavy atom. The van der Waals surface area contributed by atoms with Crippen molar-refractivity contribution >= 4 is 40.0 Å². The molecule has 10 heteroatoms. The fraction of sp³-hybridized carbons (Fsp3) is 0.259. The highest BCUT2D eigenvalue weighted by Gasteiger charge is 2.23. The van der Waals surface area contributed by atoms with Crippen LogP contribution in [0.4, 0.5) is 9.39 Å². The number of methoxy groups -OCH3 is 1. The summed E-state index contributed by atoms with van der Waals surface area (Å²) in [5, 5.41) is 14.2. The molecule has 0 aliphatic heterocycles. The first-order chi connectivity index (χ1) is 17.8. The van der Waals surface area contributed by atoms with E-state index < -0.39 is 5.97 Å². The Balaban J connectivity index is 1.49. The number of thiophene rings is 1. The number of amides is 1. The van der Waals surface area contributed by atoms with Crippen molar-refractivity contribution in [2.45, 2.75) is 38.4 Å². The molecule has 37 heavy (non-hydrogen) atoms. The van der Waals surface area contributed by atoms with Crippen LogP contribution in [-0.4, -0.2) is 39.5 Å². The molecule has 0 aliphatic rings. The third-order valence-electron chi connectivity index (χ3n) is 5.79. The maximum atomic E-state index is 13.4. The zero-order valence-electron chi connectivity index (χ0n) is 20.9. The van der Waals surface area contributed by atoms with E-state index in [2.05, 4.69) is 41.5 Å². The normalized spacial score (nSPS) is 11.1. The Kier molecular flexibility index (Phi) is 8.40. The third kappa shape index (κ3) is 5.91. The minimum absolute atomic E-state index is 0.0782. The van der Waals surface area contributed by atoms with Crippen LogP contribution >= 0.6 is 23.1 Å². The van der Waals surface area contributed by atoms with E-state index in [-0.39, 0.29) is 23.0 Å². The molecule has 2 heterocycles. The number of ether oxygens (including phenoxy) is 1. The van der Waals surface area contributed by atoms with Crippen LogP contribution in [-0.2, 0) is 16.1 Å². The average molecular weight is 539 g/mol. The second-order valence-electron chi connectivity index (χ2n) is 8.52. The molecule has 0 fully saturated rings. The lowest BCUT2D eigenvalue weighted by molar-refractivity contribution is -0.113. The number of nitrogens with one attached hydrogen (secondary N) is 1. The molecule has 4 rings (SSSR count). The molecule has 0 radical (unpaired) electrons. The number of carbonyl (C=O) groups excluding carboxylic acids is 2. The minimum atomic E-state index is -0.581. The summed E-state index contributed by atoms with van der Waals surface area (Å²) in [6, 6.07) is 14.1. The zero-order chi connectivity index (χ0) is 26.5. The van der Waals surface area contributed by atoms with Gasteiger partial charge in [-0.2, -0.15) is 0 Å². The molecule has 0 unspecified atom stereocenters. The molecule has 2 aromatic carbocycles. The van der Waals surface area contributed by atoms with Gasteiger partial charge in [-0.1, -0.05) is 62.0 Å². The lowest BCUT2D eigenvalue weighted by Crippen LogP contribution is -2.16. The number of anilines is 1. The summed E-state index contributed by atoms with van der Waals surface area (Å²) >= 11 is 2.48. The smallest absolute Gasteiger partial charge is 0.341 e. The Labute approximate surface area is 223 Å². The number of nitrogens with zero attached hydrogens (tertiary/aromatic N) is 3. The van der Waals surface area contributed by atoms with E-state index in [1.807, 2.05) is 23.6 Å². The number of benzene rings is 2. The summed E-state index contributed by atoms with van der Waals surface area (Å²) in [4.78, 5) is 25.4. The summed E-state index contributed by atoms with van der Waals surface area (Å²) < 4.78 is 20.3. The summed E-state index contributed by atoms with van der Waals surface area (Å²) in [6.45, 7) is 6.95. The van der Waals surface area contributed by atoms with E-state index in [0.717, 1.165) is 11.4 Å². The van der Waals surface area contributed by atoms with Crippen molar-refractivity contribution in [2.24, 2.45) is 0 Å². The van der Waals surface area contributed by atoms with Crippen LogP contribution in [0.2, 0.25) is 0 Å². The number of hydrogen-bond acceptors (Lipinski definition) is 7. The second kappa shape index (κ2) is 11.7. The van der Waals surface area contributed by atoms with Gasteiger partial charge in [0.1, 0.15) is 16.4 Å². The van der Waals surface area contributed by atoms with E-state index in [1.165, 1.54) is 47.9 Å². The number of thioether (sulfide) groups is 1. The predicted molar refractivity (Wildman–Crippen MR) is 146 cm³/mol. The van der Waals surface area contributed by atoms with Crippen molar-refractivity contribution in [1.82, 2.24) is 14.8 Å². The van der Waals surface area contributed by atoms with E-state index in [1.54, 1.807) is 17.5 Å². The van der Waals surface area contributed by atoms with Crippen LogP contribution < -0.4 is 5.32 Å². The first kappa shape index (κ1) is 26.6. The van der Waals surface area contributed by atoms with Crippen LogP contribution in [0.25, 0.3) is 22.5 Å². The van der Waals surface area contributed by atoms with E-state index >= 15 is 0 Å². The van der Waals surface area contributed by atoms with Gasteiger partial charge in [-0.15, -0.1) is 21.5 Å². The molecule has 0 aliphatic carbocycles. The van der Waals surface area contributed by atoms with Gasteiger partial charge in [-0.05, 0) is 36.1 Å². The summed E-state index contributed by atoms with van der Waals surface area (Å²) in [7, 11) is 1.28. The van der Waals surface area contributed by atoms with Crippen LogP contribution in [0.3, 0.4) is 0 Å². The number of carbonyl (C=O) groups is 2. The first-order valence-corrected chi connectivity index (χ1v) is 13.6. The molecule has 1 N–H and O–H groups in total. The Morgan fingerprint density at radius 2 is 1.76 bits per heavy atom. The molecule has 1 amide bonds. The van der Waals surface area contributed by atoms with Gasteiger partial charge in [0, 0.05) is 23.1 Å².